The Morgan fingerprint density at radius 3 is 2.61 bits per heavy atom. The van der Waals surface area contributed by atoms with Gasteiger partial charge in [0.1, 0.15) is 5.25 Å². The molecule has 2 aromatic heterocycles. The normalized spacial score (nSPS) is 12.0. The van der Waals surface area contributed by atoms with Crippen LogP contribution in [0.5, 0.6) is 0 Å². The smallest absolute Gasteiger partial charge is 0.235 e. The van der Waals surface area contributed by atoms with E-state index in [1.165, 1.54) is 11.8 Å². The lowest BCUT2D eigenvalue weighted by atomic mass is 10.1. The zero-order chi connectivity index (χ0) is 19.8. The van der Waals surface area contributed by atoms with Crippen molar-refractivity contribution < 1.29 is 9.53 Å². The second kappa shape index (κ2) is 10.0. The summed E-state index contributed by atoms with van der Waals surface area (Å²) >= 11 is 1.31. The van der Waals surface area contributed by atoms with Crippen LogP contribution in [0, 0.1) is 0 Å². The molecule has 2 N–H and O–H groups in total. The van der Waals surface area contributed by atoms with E-state index >= 15 is 0 Å². The molecule has 1 amide bonds. The molecule has 3 aromatic rings. The molecule has 0 saturated carbocycles. The minimum Gasteiger partial charge on any atom is -0.382 e. The Kier molecular flexibility index (Phi) is 7.16. The van der Waals surface area contributed by atoms with Crippen molar-refractivity contribution in [2.45, 2.75) is 30.3 Å². The summed E-state index contributed by atoms with van der Waals surface area (Å²) in [4.78, 5) is 16.2. The van der Waals surface area contributed by atoms with E-state index < -0.39 is 11.2 Å². The Labute approximate surface area is 168 Å². The zero-order valence-electron chi connectivity index (χ0n) is 15.7. The Morgan fingerprint density at radius 2 is 1.93 bits per heavy atom. The molecule has 146 valence electrons. The molecule has 0 bridgehead atoms. The molecule has 0 radical (unpaired) electrons. The molecule has 28 heavy (non-hydrogen) atoms. The maximum atomic E-state index is 12.1. The molecule has 0 aliphatic rings. The number of amides is 1. The number of ether oxygens (including phenoxy) is 1. The second-order valence-electron chi connectivity index (χ2n) is 6.06. The highest BCUT2D eigenvalue weighted by atomic mass is 32.2. The molecule has 0 spiro atoms. The molecule has 0 aliphatic heterocycles. The minimum atomic E-state index is -0.540. The van der Waals surface area contributed by atoms with E-state index in [1.807, 2.05) is 54.0 Å². The van der Waals surface area contributed by atoms with Crippen molar-refractivity contribution in [1.29, 1.82) is 0 Å². The van der Waals surface area contributed by atoms with E-state index in [0.717, 1.165) is 23.4 Å². The summed E-state index contributed by atoms with van der Waals surface area (Å²) in [6, 6.07) is 13.2. The maximum Gasteiger partial charge on any atom is 0.235 e. The van der Waals surface area contributed by atoms with Crippen LogP contribution in [0.2, 0.25) is 0 Å². The molecule has 1 atom stereocenters. The van der Waals surface area contributed by atoms with Gasteiger partial charge in [0.25, 0.3) is 0 Å². The first-order chi connectivity index (χ1) is 13.7. The SMILES string of the molecule is CCOCCCn1c(S[C@H](C(N)=O)c2ccccc2)nnc1-c1ccncc1. The van der Waals surface area contributed by atoms with Gasteiger partial charge in [0.05, 0.1) is 0 Å². The number of nitrogens with two attached hydrogens (primary N) is 1. The van der Waals surface area contributed by atoms with Gasteiger partial charge < -0.3 is 15.0 Å². The largest absolute Gasteiger partial charge is 0.382 e. The Hall–Kier alpha value is -2.71. The third-order valence-electron chi connectivity index (χ3n) is 4.11. The molecule has 7 nitrogen and oxygen atoms in total. The van der Waals surface area contributed by atoms with Crippen molar-refractivity contribution in [3.8, 4) is 11.4 Å². The number of thioether (sulfide) groups is 1. The van der Waals surface area contributed by atoms with E-state index in [2.05, 4.69) is 15.2 Å². The van der Waals surface area contributed by atoms with Crippen LogP contribution >= 0.6 is 11.8 Å². The third kappa shape index (κ3) is 4.96. The number of aromatic nitrogens is 4. The standard InChI is InChI=1S/C20H23N5O2S/c1-2-27-14-6-13-25-19(16-9-11-22-12-10-16)23-24-20(25)28-17(18(21)26)15-7-4-3-5-8-15/h3-5,7-12,17H,2,6,13-14H2,1H3,(H2,21,26)/t17-/m0/s1. The fourth-order valence-electron chi connectivity index (χ4n) is 2.78. The van der Waals surface area contributed by atoms with Gasteiger partial charge in [-0.2, -0.15) is 0 Å². The van der Waals surface area contributed by atoms with Crippen LogP contribution in [-0.4, -0.2) is 38.9 Å². The van der Waals surface area contributed by atoms with E-state index in [9.17, 15) is 4.79 Å². The molecule has 3 rings (SSSR count). The van der Waals surface area contributed by atoms with E-state index in [0.29, 0.717) is 24.9 Å². The summed E-state index contributed by atoms with van der Waals surface area (Å²) in [5, 5.41) is 8.82. The summed E-state index contributed by atoms with van der Waals surface area (Å²) in [6.07, 6.45) is 4.25. The molecular formula is C20H23N5O2S. The van der Waals surface area contributed by atoms with Gasteiger partial charge in [0.2, 0.25) is 5.91 Å². The van der Waals surface area contributed by atoms with Gasteiger partial charge in [-0.05, 0) is 31.0 Å². The van der Waals surface area contributed by atoms with Crippen molar-refractivity contribution in [1.82, 2.24) is 19.7 Å². The van der Waals surface area contributed by atoms with E-state index in [-0.39, 0.29) is 0 Å². The highest BCUT2D eigenvalue weighted by Gasteiger charge is 2.24. The predicted molar refractivity (Wildman–Crippen MR) is 109 cm³/mol. The Balaban J connectivity index is 1.90. The van der Waals surface area contributed by atoms with Crippen LogP contribution < -0.4 is 5.73 Å². The van der Waals surface area contributed by atoms with Crippen LogP contribution in [-0.2, 0) is 16.1 Å². The van der Waals surface area contributed by atoms with Crippen molar-refractivity contribution in [3.63, 3.8) is 0 Å². The van der Waals surface area contributed by atoms with Gasteiger partial charge in [0, 0.05) is 37.7 Å². The molecular weight excluding hydrogens is 374 g/mol. The van der Waals surface area contributed by atoms with Crippen LogP contribution in [0.1, 0.15) is 24.2 Å². The molecule has 0 unspecified atom stereocenters. The van der Waals surface area contributed by atoms with Crippen molar-refractivity contribution >= 4 is 17.7 Å². The lowest BCUT2D eigenvalue weighted by molar-refractivity contribution is -0.117. The number of primary amides is 1. The topological polar surface area (TPSA) is 95.9 Å². The van der Waals surface area contributed by atoms with E-state index in [1.54, 1.807) is 12.4 Å². The first-order valence-electron chi connectivity index (χ1n) is 9.13. The zero-order valence-corrected chi connectivity index (χ0v) is 16.5. The number of hydrogen-bond donors (Lipinski definition) is 1. The predicted octanol–water partition coefficient (Wildman–Crippen LogP) is 3.09. The minimum absolute atomic E-state index is 0.412. The quantitative estimate of drug-likeness (QED) is 0.417. The monoisotopic (exact) mass is 397 g/mol. The van der Waals surface area contributed by atoms with Crippen LogP contribution in [0.4, 0.5) is 0 Å². The highest BCUT2D eigenvalue weighted by molar-refractivity contribution is 8.00. The van der Waals surface area contributed by atoms with Crippen LogP contribution in [0.3, 0.4) is 0 Å². The maximum absolute atomic E-state index is 12.1. The highest BCUT2D eigenvalue weighted by Crippen LogP contribution is 2.35. The number of benzene rings is 1. The summed E-state index contributed by atoms with van der Waals surface area (Å²) in [7, 11) is 0. The molecule has 0 aliphatic carbocycles. The number of carbonyl (C=O) groups is 1. The fraction of sp³-hybridized carbons (Fsp3) is 0.300. The van der Waals surface area contributed by atoms with Gasteiger partial charge in [-0.1, -0.05) is 42.1 Å². The number of carbonyl (C=O) groups excluding carboxylic acids is 1. The molecule has 1 aromatic carbocycles. The molecule has 8 heteroatoms. The van der Waals surface area contributed by atoms with Gasteiger partial charge in [0.15, 0.2) is 11.0 Å². The molecule has 0 fully saturated rings. The number of hydrogen-bond acceptors (Lipinski definition) is 6. The Bertz CT molecular complexity index is 886. The second-order valence-corrected chi connectivity index (χ2v) is 7.13. The van der Waals surface area contributed by atoms with Crippen LogP contribution in [0.25, 0.3) is 11.4 Å². The summed E-state index contributed by atoms with van der Waals surface area (Å²) in [5.74, 6) is 0.322. The lowest BCUT2D eigenvalue weighted by Crippen LogP contribution is -2.19. The lowest BCUT2D eigenvalue weighted by Gasteiger charge is -2.15. The average Bonchev–Trinajstić information content (AvgIpc) is 3.13. The number of nitrogens with zero attached hydrogens (tertiary/aromatic N) is 4. The first-order valence-corrected chi connectivity index (χ1v) is 10.0. The summed E-state index contributed by atoms with van der Waals surface area (Å²) < 4.78 is 7.47. The number of rotatable bonds is 10. The van der Waals surface area contributed by atoms with E-state index in [4.69, 9.17) is 10.5 Å². The number of pyridine rings is 1. The van der Waals surface area contributed by atoms with Gasteiger partial charge in [-0.3, -0.25) is 9.78 Å². The first kappa shape index (κ1) is 20.0. The summed E-state index contributed by atoms with van der Waals surface area (Å²) in [5.41, 5.74) is 7.44. The van der Waals surface area contributed by atoms with Gasteiger partial charge >= 0.3 is 0 Å². The van der Waals surface area contributed by atoms with Crippen molar-refractivity contribution in [2.24, 2.45) is 5.73 Å². The fourth-order valence-corrected chi connectivity index (χ4v) is 3.80. The third-order valence-corrected chi connectivity index (χ3v) is 5.37. The van der Waals surface area contributed by atoms with Gasteiger partial charge in [-0.15, -0.1) is 10.2 Å². The Morgan fingerprint density at radius 1 is 1.18 bits per heavy atom. The summed E-state index contributed by atoms with van der Waals surface area (Å²) in [6.45, 7) is 3.97. The molecule has 0 saturated heterocycles. The van der Waals surface area contributed by atoms with Gasteiger partial charge in [-0.25, -0.2) is 0 Å². The van der Waals surface area contributed by atoms with Crippen LogP contribution in [0.15, 0.2) is 60.0 Å². The molecule has 2 heterocycles. The van der Waals surface area contributed by atoms with Crippen molar-refractivity contribution in [2.75, 3.05) is 13.2 Å². The van der Waals surface area contributed by atoms with Crippen molar-refractivity contribution in [3.05, 3.63) is 60.4 Å². The average molecular weight is 398 g/mol.